The molecule has 0 unspecified atom stereocenters. The molecule has 156 valence electrons. The van der Waals surface area contributed by atoms with Gasteiger partial charge in [-0.3, -0.25) is 4.79 Å². The Labute approximate surface area is 186 Å². The topological polar surface area (TPSA) is 81.6 Å². The smallest absolute Gasteiger partial charge is 0.266 e. The second kappa shape index (κ2) is 8.79. The number of hydrogen-bond acceptors (Lipinski definition) is 4. The van der Waals surface area contributed by atoms with Gasteiger partial charge in [-0.05, 0) is 56.7 Å². The number of carbonyl (C=O) groups excluding carboxylic acids is 1. The molecule has 3 aromatic rings. The Bertz CT molecular complexity index is 1270. The van der Waals surface area contributed by atoms with E-state index in [-0.39, 0.29) is 5.57 Å². The van der Waals surface area contributed by atoms with Gasteiger partial charge in [-0.1, -0.05) is 25.1 Å². The van der Waals surface area contributed by atoms with E-state index in [0.29, 0.717) is 16.6 Å². The van der Waals surface area contributed by atoms with E-state index in [1.165, 1.54) is 16.2 Å². The van der Waals surface area contributed by atoms with Crippen LogP contribution in [0.1, 0.15) is 60.7 Å². The van der Waals surface area contributed by atoms with E-state index in [9.17, 15) is 15.3 Å². The Morgan fingerprint density at radius 1 is 1.29 bits per heavy atom. The van der Waals surface area contributed by atoms with Crippen molar-refractivity contribution in [2.24, 2.45) is 0 Å². The summed E-state index contributed by atoms with van der Waals surface area (Å²) in [5.41, 5.74) is 3.57. The maximum atomic E-state index is 13.0. The van der Waals surface area contributed by atoms with Gasteiger partial charge in [-0.25, -0.2) is 0 Å². The molecule has 5 nitrogen and oxygen atoms in total. The monoisotopic (exact) mass is 428 g/mol. The van der Waals surface area contributed by atoms with Crippen molar-refractivity contribution in [3.8, 4) is 12.1 Å². The average molecular weight is 429 g/mol. The number of nitriles is 2. The maximum Gasteiger partial charge on any atom is 0.266 e. The number of aromatic nitrogens is 1. The average Bonchev–Trinajstić information content (AvgIpc) is 3.34. The van der Waals surface area contributed by atoms with Gasteiger partial charge in [0, 0.05) is 33.6 Å². The molecule has 0 fully saturated rings. The normalized spacial score (nSPS) is 14.5. The van der Waals surface area contributed by atoms with Crippen molar-refractivity contribution in [3.05, 3.63) is 57.6 Å². The van der Waals surface area contributed by atoms with Crippen molar-refractivity contribution in [1.82, 2.24) is 4.57 Å². The van der Waals surface area contributed by atoms with Crippen LogP contribution in [-0.2, 0) is 17.6 Å². The van der Waals surface area contributed by atoms with Crippen molar-refractivity contribution >= 4 is 39.2 Å². The first-order chi connectivity index (χ1) is 15.1. The third-order valence-corrected chi connectivity index (χ3v) is 7.22. The lowest BCUT2D eigenvalue weighted by atomic mass is 9.96. The number of rotatable bonds is 5. The molecular weight excluding hydrogens is 404 g/mol. The van der Waals surface area contributed by atoms with Crippen LogP contribution in [-0.4, -0.2) is 10.5 Å². The lowest BCUT2D eigenvalue weighted by Crippen LogP contribution is -2.13. The van der Waals surface area contributed by atoms with Crippen LogP contribution < -0.4 is 5.32 Å². The summed E-state index contributed by atoms with van der Waals surface area (Å²) in [7, 11) is 0. The summed E-state index contributed by atoms with van der Waals surface area (Å²) in [5.74, 6) is -0.474. The number of thiophene rings is 1. The SMILES string of the molecule is CC[C@H](C)n1cc(/C=C(\C#N)C(=O)Nc2sc3c(c2C#N)CCCC3)c2ccccc21. The predicted molar refractivity (Wildman–Crippen MR) is 125 cm³/mol. The van der Waals surface area contributed by atoms with Crippen LogP contribution in [0.2, 0.25) is 0 Å². The van der Waals surface area contributed by atoms with Crippen LogP contribution in [0.4, 0.5) is 5.00 Å². The third kappa shape index (κ3) is 3.87. The van der Waals surface area contributed by atoms with Gasteiger partial charge in [0.1, 0.15) is 22.7 Å². The summed E-state index contributed by atoms with van der Waals surface area (Å²) in [6, 6.07) is 12.6. The molecule has 4 rings (SSSR count). The minimum absolute atomic E-state index is 0.0299. The van der Waals surface area contributed by atoms with Crippen LogP contribution in [0.15, 0.2) is 36.0 Å². The Hall–Kier alpha value is -3.35. The van der Waals surface area contributed by atoms with E-state index in [1.54, 1.807) is 6.08 Å². The van der Waals surface area contributed by atoms with Gasteiger partial charge in [-0.2, -0.15) is 10.5 Å². The minimum Gasteiger partial charge on any atom is -0.344 e. The highest BCUT2D eigenvalue weighted by Gasteiger charge is 2.23. The standard InChI is InChI=1S/C25H24N4OS/c1-3-16(2)29-15-18(19-8-4-6-10-22(19)29)12-17(13-26)24(30)28-25-21(14-27)20-9-5-7-11-23(20)31-25/h4,6,8,10,12,15-16H,3,5,7,9,11H2,1-2H3,(H,28,30)/b17-12+/t16-/m0/s1. The molecule has 2 heterocycles. The molecule has 1 aliphatic rings. The molecule has 1 aliphatic carbocycles. The van der Waals surface area contributed by atoms with Crippen LogP contribution >= 0.6 is 11.3 Å². The highest BCUT2D eigenvalue weighted by atomic mass is 32.1. The van der Waals surface area contributed by atoms with Gasteiger partial charge in [0.15, 0.2) is 0 Å². The molecular formula is C25H24N4OS. The summed E-state index contributed by atoms with van der Waals surface area (Å²) >= 11 is 1.47. The summed E-state index contributed by atoms with van der Waals surface area (Å²) in [4.78, 5) is 14.1. The fourth-order valence-corrected chi connectivity index (χ4v) is 5.39. The van der Waals surface area contributed by atoms with E-state index >= 15 is 0 Å². The molecule has 0 bridgehead atoms. The summed E-state index contributed by atoms with van der Waals surface area (Å²) < 4.78 is 2.19. The first kappa shape index (κ1) is 20.9. The summed E-state index contributed by atoms with van der Waals surface area (Å²) in [5, 5.41) is 23.7. The number of nitrogens with one attached hydrogen (secondary N) is 1. The quantitative estimate of drug-likeness (QED) is 0.401. The number of para-hydroxylation sites is 1. The summed E-state index contributed by atoms with van der Waals surface area (Å²) in [6.45, 7) is 4.29. The Morgan fingerprint density at radius 2 is 2.06 bits per heavy atom. The molecule has 0 radical (unpaired) electrons. The van der Waals surface area contributed by atoms with Crippen molar-refractivity contribution < 1.29 is 4.79 Å². The Kier molecular flexibility index (Phi) is 5.93. The van der Waals surface area contributed by atoms with Crippen molar-refractivity contribution in [2.45, 2.75) is 52.0 Å². The zero-order chi connectivity index (χ0) is 22.0. The molecule has 31 heavy (non-hydrogen) atoms. The first-order valence-electron chi connectivity index (χ1n) is 10.6. The zero-order valence-electron chi connectivity index (χ0n) is 17.7. The number of benzene rings is 1. The molecule has 1 aromatic carbocycles. The van der Waals surface area contributed by atoms with E-state index in [0.717, 1.165) is 54.1 Å². The van der Waals surface area contributed by atoms with Gasteiger partial charge in [-0.15, -0.1) is 11.3 Å². The molecule has 0 saturated carbocycles. The molecule has 0 spiro atoms. The lowest BCUT2D eigenvalue weighted by Gasteiger charge is -2.12. The Morgan fingerprint density at radius 3 is 2.81 bits per heavy atom. The lowest BCUT2D eigenvalue weighted by molar-refractivity contribution is -0.112. The van der Waals surface area contributed by atoms with Gasteiger partial charge in [0.05, 0.1) is 5.56 Å². The number of amides is 1. The van der Waals surface area contributed by atoms with E-state index < -0.39 is 5.91 Å². The molecule has 0 aliphatic heterocycles. The van der Waals surface area contributed by atoms with Gasteiger partial charge >= 0.3 is 0 Å². The maximum absolute atomic E-state index is 13.0. The largest absolute Gasteiger partial charge is 0.344 e. The number of hydrogen-bond donors (Lipinski definition) is 1. The van der Waals surface area contributed by atoms with Crippen molar-refractivity contribution in [3.63, 3.8) is 0 Å². The molecule has 2 aromatic heterocycles. The van der Waals surface area contributed by atoms with Crippen LogP contribution in [0, 0.1) is 22.7 Å². The second-order valence-electron chi connectivity index (χ2n) is 7.92. The van der Waals surface area contributed by atoms with Crippen LogP contribution in [0.25, 0.3) is 17.0 Å². The fraction of sp³-hybridized carbons (Fsp3) is 0.320. The minimum atomic E-state index is -0.474. The molecule has 1 N–H and O–H groups in total. The highest BCUT2D eigenvalue weighted by Crippen LogP contribution is 2.38. The van der Waals surface area contributed by atoms with Crippen molar-refractivity contribution in [1.29, 1.82) is 10.5 Å². The van der Waals surface area contributed by atoms with Gasteiger partial charge < -0.3 is 9.88 Å². The predicted octanol–water partition coefficient (Wildman–Crippen LogP) is 5.97. The fourth-order valence-electron chi connectivity index (χ4n) is 4.15. The number of aryl methyl sites for hydroxylation is 1. The van der Waals surface area contributed by atoms with E-state index in [1.807, 2.05) is 30.5 Å². The zero-order valence-corrected chi connectivity index (χ0v) is 18.6. The summed E-state index contributed by atoms with van der Waals surface area (Å²) in [6.07, 6.45) is 8.63. The molecule has 0 saturated heterocycles. The molecule has 6 heteroatoms. The second-order valence-corrected chi connectivity index (χ2v) is 9.02. The van der Waals surface area contributed by atoms with E-state index in [4.69, 9.17) is 0 Å². The van der Waals surface area contributed by atoms with E-state index in [2.05, 4.69) is 35.9 Å². The van der Waals surface area contributed by atoms with Gasteiger partial charge in [0.25, 0.3) is 5.91 Å². The van der Waals surface area contributed by atoms with Crippen molar-refractivity contribution in [2.75, 3.05) is 5.32 Å². The third-order valence-electron chi connectivity index (χ3n) is 6.01. The van der Waals surface area contributed by atoms with Gasteiger partial charge in [0.2, 0.25) is 0 Å². The number of fused-ring (bicyclic) bond motifs is 2. The highest BCUT2D eigenvalue weighted by molar-refractivity contribution is 7.16. The Balaban J connectivity index is 1.69. The molecule has 1 amide bonds. The first-order valence-corrected chi connectivity index (χ1v) is 11.5. The molecule has 1 atom stereocenters. The van der Waals surface area contributed by atoms with Crippen LogP contribution in [0.5, 0.6) is 0 Å². The van der Waals surface area contributed by atoms with Crippen LogP contribution in [0.3, 0.4) is 0 Å². The number of carbonyl (C=O) groups is 1. The number of nitrogens with zero attached hydrogens (tertiary/aromatic N) is 3. The number of anilines is 1.